The molecule has 280 valence electrons. The van der Waals surface area contributed by atoms with Gasteiger partial charge in [-0.25, -0.2) is 0 Å². The number of carbonyl (C=O) groups excluding carboxylic acids is 3. The van der Waals surface area contributed by atoms with Crippen molar-refractivity contribution >= 4 is 17.7 Å². The van der Waals surface area contributed by atoms with Crippen LogP contribution >= 0.6 is 0 Å². The van der Waals surface area contributed by atoms with E-state index in [1.165, 1.54) is 96.3 Å². The summed E-state index contributed by atoms with van der Waals surface area (Å²) in [5.74, 6) is -0.416. The predicted molar refractivity (Wildman–Crippen MR) is 201 cm³/mol. The number of allylic oxidation sites excluding steroid dienone is 4. The average Bonchev–Trinajstić information content (AvgIpc) is 3.08. The fourth-order valence-corrected chi connectivity index (χ4v) is 5.77. The van der Waals surface area contributed by atoms with Gasteiger partial charge in [0.05, 0.1) is 0 Å². The normalized spacial score (nSPS) is 12.2. The third-order valence-corrected chi connectivity index (χ3v) is 8.92. The maximum atomic E-state index is 12.0. The summed E-state index contributed by atoms with van der Waals surface area (Å²) in [7, 11) is 0. The van der Waals surface area contributed by atoms with Crippen molar-refractivity contribution in [2.75, 3.05) is 13.2 Å². The van der Waals surface area contributed by atoms with E-state index in [2.05, 4.69) is 19.9 Å². The molecule has 0 saturated carbocycles. The highest BCUT2D eigenvalue weighted by Crippen LogP contribution is 2.15. The molecule has 0 bridgehead atoms. The quantitative estimate of drug-likeness (QED) is 0.0305. The van der Waals surface area contributed by atoms with E-state index in [1.54, 1.807) is 6.08 Å². The number of hydrogen-bond acceptors (Lipinski definition) is 6. The standard InChI is InChI=1S/C42H76O6/c1-3-5-7-8-9-10-11-12-13-14-15-16-17-18-21-24-27-31-35-41(45)47-37-40(44)38-48-42(46)36-32-28-25-22-19-20-23-26-30-34-39(43)33-29-6-4-2/h23,26,30,34,40,44H,3-22,24-25,27-29,31-33,35-38H2,1-2H3/b26-23-,34-30+/t40-/m0/s1. The Bertz CT molecular complexity index is 789. The first-order valence-corrected chi connectivity index (χ1v) is 20.3. The Morgan fingerprint density at radius 3 is 1.27 bits per heavy atom. The monoisotopic (exact) mass is 677 g/mol. The largest absolute Gasteiger partial charge is 0.463 e. The molecule has 6 nitrogen and oxygen atoms in total. The number of aliphatic hydroxyl groups is 1. The van der Waals surface area contributed by atoms with Gasteiger partial charge in [0, 0.05) is 19.3 Å². The van der Waals surface area contributed by atoms with Crippen molar-refractivity contribution < 1.29 is 29.0 Å². The molecule has 0 aliphatic carbocycles. The van der Waals surface area contributed by atoms with E-state index in [9.17, 15) is 19.5 Å². The SMILES string of the molecule is CCCCCCCCCCCCCCCCCCCCC(=O)OC[C@H](O)COC(=O)CCCCCCC/C=C\C=C\C(=O)CCCCC. The van der Waals surface area contributed by atoms with Gasteiger partial charge < -0.3 is 14.6 Å². The van der Waals surface area contributed by atoms with Crippen LogP contribution in [0.3, 0.4) is 0 Å². The Morgan fingerprint density at radius 2 is 0.833 bits per heavy atom. The van der Waals surface area contributed by atoms with Gasteiger partial charge in [-0.1, -0.05) is 173 Å². The van der Waals surface area contributed by atoms with Gasteiger partial charge in [0.2, 0.25) is 0 Å². The number of ketones is 1. The molecule has 0 aromatic heterocycles. The van der Waals surface area contributed by atoms with Gasteiger partial charge in [-0.2, -0.15) is 0 Å². The second-order valence-corrected chi connectivity index (χ2v) is 13.8. The molecule has 0 unspecified atom stereocenters. The number of hydrogen-bond donors (Lipinski definition) is 1. The van der Waals surface area contributed by atoms with Gasteiger partial charge in [0.25, 0.3) is 0 Å². The first-order chi connectivity index (χ1) is 23.5. The smallest absolute Gasteiger partial charge is 0.305 e. The van der Waals surface area contributed by atoms with E-state index in [4.69, 9.17) is 9.47 Å². The summed E-state index contributed by atoms with van der Waals surface area (Å²) in [5, 5.41) is 10.0. The summed E-state index contributed by atoms with van der Waals surface area (Å²) >= 11 is 0. The third-order valence-electron chi connectivity index (χ3n) is 8.92. The molecule has 0 aliphatic rings. The highest BCUT2D eigenvalue weighted by molar-refractivity contribution is 5.89. The summed E-state index contributed by atoms with van der Waals surface area (Å²) in [5.41, 5.74) is 0. The number of aliphatic hydroxyl groups excluding tert-OH is 1. The molecule has 0 heterocycles. The van der Waals surface area contributed by atoms with E-state index in [1.807, 2.05) is 12.2 Å². The number of ether oxygens (including phenoxy) is 2. The van der Waals surface area contributed by atoms with Gasteiger partial charge in [-0.3, -0.25) is 14.4 Å². The lowest BCUT2D eigenvalue weighted by atomic mass is 10.0. The lowest BCUT2D eigenvalue weighted by Crippen LogP contribution is -2.25. The molecule has 0 radical (unpaired) electrons. The van der Waals surface area contributed by atoms with E-state index >= 15 is 0 Å². The molecule has 1 N–H and O–H groups in total. The number of rotatable bonds is 37. The Labute approximate surface area is 296 Å². The molecule has 0 rings (SSSR count). The highest BCUT2D eigenvalue weighted by Gasteiger charge is 2.12. The zero-order chi connectivity index (χ0) is 35.2. The van der Waals surface area contributed by atoms with Gasteiger partial charge in [0.1, 0.15) is 19.3 Å². The summed E-state index contributed by atoms with van der Waals surface area (Å²) in [6, 6.07) is 0. The fourth-order valence-electron chi connectivity index (χ4n) is 5.77. The van der Waals surface area contributed by atoms with Crippen LogP contribution in [0.15, 0.2) is 24.3 Å². The van der Waals surface area contributed by atoms with Crippen LogP contribution in [-0.4, -0.2) is 42.1 Å². The molecule has 0 aliphatic heterocycles. The minimum absolute atomic E-state index is 0.134. The summed E-state index contributed by atoms with van der Waals surface area (Å²) in [4.78, 5) is 35.6. The third kappa shape index (κ3) is 36.9. The van der Waals surface area contributed by atoms with Crippen LogP contribution in [0, 0.1) is 0 Å². The van der Waals surface area contributed by atoms with Crippen molar-refractivity contribution in [1.82, 2.24) is 0 Å². The lowest BCUT2D eigenvalue weighted by Gasteiger charge is -2.12. The molecule has 0 aromatic carbocycles. The van der Waals surface area contributed by atoms with Crippen molar-refractivity contribution in [1.29, 1.82) is 0 Å². The van der Waals surface area contributed by atoms with Crippen LogP contribution in [0.2, 0.25) is 0 Å². The molecule has 0 amide bonds. The van der Waals surface area contributed by atoms with Crippen molar-refractivity contribution in [3.05, 3.63) is 24.3 Å². The van der Waals surface area contributed by atoms with Crippen LogP contribution in [0.5, 0.6) is 0 Å². The Balaban J connectivity index is 3.46. The second kappa shape index (κ2) is 37.9. The Morgan fingerprint density at radius 1 is 0.479 bits per heavy atom. The first-order valence-electron chi connectivity index (χ1n) is 20.3. The molecular weight excluding hydrogens is 600 g/mol. The predicted octanol–water partition coefficient (Wildman–Crippen LogP) is 11.9. The van der Waals surface area contributed by atoms with E-state index in [-0.39, 0.29) is 30.9 Å². The molecule has 48 heavy (non-hydrogen) atoms. The maximum Gasteiger partial charge on any atom is 0.305 e. The van der Waals surface area contributed by atoms with Crippen molar-refractivity contribution in [3.8, 4) is 0 Å². The van der Waals surface area contributed by atoms with Crippen LogP contribution in [0.25, 0.3) is 0 Å². The van der Waals surface area contributed by atoms with Crippen LogP contribution in [0.1, 0.15) is 206 Å². The molecule has 6 heteroatoms. The number of carbonyl (C=O) groups is 3. The van der Waals surface area contributed by atoms with Crippen LogP contribution in [-0.2, 0) is 23.9 Å². The average molecular weight is 677 g/mol. The lowest BCUT2D eigenvalue weighted by molar-refractivity contribution is -0.152. The van der Waals surface area contributed by atoms with E-state index in [0.29, 0.717) is 19.3 Å². The molecule has 0 spiro atoms. The topological polar surface area (TPSA) is 89.9 Å². The molecule has 0 aromatic rings. The summed E-state index contributed by atoms with van der Waals surface area (Å²) in [6.07, 6.45) is 40.7. The van der Waals surface area contributed by atoms with Crippen LogP contribution < -0.4 is 0 Å². The molecular formula is C42H76O6. The van der Waals surface area contributed by atoms with E-state index in [0.717, 1.165) is 77.0 Å². The van der Waals surface area contributed by atoms with Gasteiger partial charge >= 0.3 is 11.9 Å². The summed E-state index contributed by atoms with van der Waals surface area (Å²) in [6.45, 7) is 4.13. The minimum atomic E-state index is -0.986. The highest BCUT2D eigenvalue weighted by atomic mass is 16.6. The van der Waals surface area contributed by atoms with Gasteiger partial charge in [0.15, 0.2) is 5.78 Å². The minimum Gasteiger partial charge on any atom is -0.463 e. The number of unbranched alkanes of at least 4 members (excludes halogenated alkanes) is 24. The molecule has 0 saturated heterocycles. The number of esters is 2. The summed E-state index contributed by atoms with van der Waals surface area (Å²) < 4.78 is 10.3. The van der Waals surface area contributed by atoms with Crippen molar-refractivity contribution in [3.63, 3.8) is 0 Å². The van der Waals surface area contributed by atoms with E-state index < -0.39 is 6.10 Å². The molecule has 0 fully saturated rings. The maximum absolute atomic E-state index is 12.0. The van der Waals surface area contributed by atoms with Gasteiger partial charge in [-0.15, -0.1) is 0 Å². The van der Waals surface area contributed by atoms with Crippen molar-refractivity contribution in [2.45, 2.75) is 213 Å². The Kier molecular flexibility index (Phi) is 36.3. The zero-order valence-electron chi connectivity index (χ0n) is 31.5. The van der Waals surface area contributed by atoms with Crippen LogP contribution in [0.4, 0.5) is 0 Å². The molecule has 1 atom stereocenters. The van der Waals surface area contributed by atoms with Crippen molar-refractivity contribution in [2.24, 2.45) is 0 Å². The second-order valence-electron chi connectivity index (χ2n) is 13.8. The Hall–Kier alpha value is -1.95. The zero-order valence-corrected chi connectivity index (χ0v) is 31.5. The fraction of sp³-hybridized carbons (Fsp3) is 0.833. The first kappa shape index (κ1) is 46.0. The van der Waals surface area contributed by atoms with Gasteiger partial charge in [-0.05, 0) is 38.2 Å².